The number of guanidine groups is 1. The maximum Gasteiger partial charge on any atom is 0.193 e. The Balaban J connectivity index is 0.00000289. The smallest absolute Gasteiger partial charge is 0.193 e. The molecule has 3 aliphatic heterocycles. The van der Waals surface area contributed by atoms with E-state index in [1.165, 1.54) is 24.0 Å². The van der Waals surface area contributed by atoms with E-state index in [2.05, 4.69) is 51.3 Å². The number of rotatable bonds is 6. The summed E-state index contributed by atoms with van der Waals surface area (Å²) in [5.74, 6) is 1.03. The van der Waals surface area contributed by atoms with Crippen molar-refractivity contribution in [3.05, 3.63) is 35.4 Å². The van der Waals surface area contributed by atoms with Gasteiger partial charge in [-0.25, -0.2) is 0 Å². The number of nitrogens with one attached hydrogen (secondary N) is 1. The van der Waals surface area contributed by atoms with Crippen LogP contribution in [0.1, 0.15) is 50.2 Å². The second-order valence-corrected chi connectivity index (χ2v) is 9.27. The van der Waals surface area contributed by atoms with Crippen LogP contribution in [0.4, 0.5) is 0 Å². The number of likely N-dealkylation sites (tertiary alicyclic amines) is 1. The zero-order valence-electron chi connectivity index (χ0n) is 19.8. The molecule has 2 saturated heterocycles. The van der Waals surface area contributed by atoms with E-state index in [-0.39, 0.29) is 24.0 Å². The average molecular weight is 557 g/mol. The van der Waals surface area contributed by atoms with Crippen LogP contribution in [-0.2, 0) is 22.4 Å². The lowest BCUT2D eigenvalue weighted by Crippen LogP contribution is -2.51. The highest BCUT2D eigenvalue weighted by atomic mass is 127. The highest BCUT2D eigenvalue weighted by molar-refractivity contribution is 14.0. The normalized spacial score (nSPS) is 23.9. The number of aliphatic imine (C=N–C) groups is 1. The van der Waals surface area contributed by atoms with E-state index in [4.69, 9.17) is 9.47 Å². The van der Waals surface area contributed by atoms with Gasteiger partial charge in [-0.15, -0.1) is 24.0 Å². The molecular weight excluding hydrogens is 515 g/mol. The van der Waals surface area contributed by atoms with E-state index in [0.29, 0.717) is 18.2 Å². The first-order valence-electron chi connectivity index (χ1n) is 12.2. The fraction of sp³-hybridized carbons (Fsp3) is 0.720. The first-order chi connectivity index (χ1) is 15.2. The number of hydrogen-bond acceptors (Lipinski definition) is 4. The third-order valence-electron chi connectivity index (χ3n) is 7.08. The number of nitrogens with zero attached hydrogens (tertiary/aromatic N) is 3. The van der Waals surface area contributed by atoms with Gasteiger partial charge in [-0.1, -0.05) is 24.3 Å². The van der Waals surface area contributed by atoms with E-state index in [1.807, 2.05) is 7.05 Å². The Bertz CT molecular complexity index is 718. The van der Waals surface area contributed by atoms with Gasteiger partial charge in [-0.05, 0) is 56.6 Å². The molecule has 4 rings (SSSR count). The molecule has 1 aromatic carbocycles. The minimum atomic E-state index is 0. The fourth-order valence-corrected chi connectivity index (χ4v) is 5.01. The monoisotopic (exact) mass is 556 g/mol. The number of fused-ring (bicyclic) bond motifs is 1. The number of piperidine rings is 1. The van der Waals surface area contributed by atoms with Crippen LogP contribution in [0.25, 0.3) is 0 Å². The lowest BCUT2D eigenvalue weighted by molar-refractivity contribution is -0.0721. The topological polar surface area (TPSA) is 49.3 Å². The second-order valence-electron chi connectivity index (χ2n) is 9.27. The SMILES string of the molecule is CN=C(NCC(C)N1CCc2ccccc2C1)N1CCC(OCC2CCCCO2)CC1.I. The number of benzene rings is 1. The summed E-state index contributed by atoms with van der Waals surface area (Å²) in [5.41, 5.74) is 2.99. The van der Waals surface area contributed by atoms with Gasteiger partial charge in [0.25, 0.3) is 0 Å². The number of hydrogen-bond donors (Lipinski definition) is 1. The summed E-state index contributed by atoms with van der Waals surface area (Å²) in [4.78, 5) is 9.52. The van der Waals surface area contributed by atoms with Gasteiger partial charge in [0.2, 0.25) is 0 Å². The Morgan fingerprint density at radius 2 is 1.94 bits per heavy atom. The summed E-state index contributed by atoms with van der Waals surface area (Å²) in [7, 11) is 1.90. The fourth-order valence-electron chi connectivity index (χ4n) is 5.01. The van der Waals surface area contributed by atoms with Crippen LogP contribution in [0, 0.1) is 0 Å². The molecule has 0 spiro atoms. The van der Waals surface area contributed by atoms with Crippen LogP contribution >= 0.6 is 24.0 Å². The Hall–Kier alpha value is -0.900. The summed E-state index contributed by atoms with van der Waals surface area (Å²) in [6.45, 7) is 9.08. The van der Waals surface area contributed by atoms with Crippen molar-refractivity contribution in [1.29, 1.82) is 0 Å². The minimum Gasteiger partial charge on any atom is -0.376 e. The van der Waals surface area contributed by atoms with Crippen molar-refractivity contribution in [3.8, 4) is 0 Å². The van der Waals surface area contributed by atoms with E-state index >= 15 is 0 Å². The molecule has 1 aromatic rings. The number of ether oxygens (including phenoxy) is 2. The number of halogens is 1. The van der Waals surface area contributed by atoms with Crippen molar-refractivity contribution in [1.82, 2.24) is 15.1 Å². The lowest BCUT2D eigenvalue weighted by Gasteiger charge is -2.37. The van der Waals surface area contributed by atoms with E-state index in [9.17, 15) is 0 Å². The summed E-state index contributed by atoms with van der Waals surface area (Å²) in [6, 6.07) is 9.32. The summed E-state index contributed by atoms with van der Waals surface area (Å²) < 4.78 is 12.0. The van der Waals surface area contributed by atoms with Crippen LogP contribution < -0.4 is 5.32 Å². The molecule has 0 radical (unpaired) electrons. The van der Waals surface area contributed by atoms with Crippen molar-refractivity contribution in [2.24, 2.45) is 4.99 Å². The first-order valence-corrected chi connectivity index (χ1v) is 12.2. The van der Waals surface area contributed by atoms with Gasteiger partial charge in [0.1, 0.15) is 0 Å². The predicted octanol–water partition coefficient (Wildman–Crippen LogP) is 3.68. The highest BCUT2D eigenvalue weighted by Gasteiger charge is 2.25. The molecule has 0 saturated carbocycles. The predicted molar refractivity (Wildman–Crippen MR) is 141 cm³/mol. The van der Waals surface area contributed by atoms with Crippen molar-refractivity contribution in [3.63, 3.8) is 0 Å². The molecule has 0 amide bonds. The highest BCUT2D eigenvalue weighted by Crippen LogP contribution is 2.20. The Kier molecular flexibility index (Phi) is 10.5. The molecule has 2 unspecified atom stereocenters. The maximum absolute atomic E-state index is 6.17. The van der Waals surface area contributed by atoms with Crippen LogP contribution in [0.3, 0.4) is 0 Å². The molecule has 7 heteroatoms. The molecule has 0 bridgehead atoms. The van der Waals surface area contributed by atoms with E-state index in [1.54, 1.807) is 0 Å². The summed E-state index contributed by atoms with van der Waals surface area (Å²) >= 11 is 0. The van der Waals surface area contributed by atoms with Gasteiger partial charge < -0.3 is 19.7 Å². The first kappa shape index (κ1) is 25.7. The molecule has 32 heavy (non-hydrogen) atoms. The minimum absolute atomic E-state index is 0. The summed E-state index contributed by atoms with van der Waals surface area (Å²) in [5, 5.41) is 3.63. The van der Waals surface area contributed by atoms with Crippen LogP contribution in [-0.4, -0.2) is 80.4 Å². The van der Waals surface area contributed by atoms with Gasteiger partial charge in [-0.3, -0.25) is 9.89 Å². The largest absolute Gasteiger partial charge is 0.376 e. The third-order valence-corrected chi connectivity index (χ3v) is 7.08. The zero-order chi connectivity index (χ0) is 21.5. The Morgan fingerprint density at radius 1 is 1.16 bits per heavy atom. The molecule has 180 valence electrons. The second kappa shape index (κ2) is 13.1. The van der Waals surface area contributed by atoms with Gasteiger partial charge in [0.05, 0.1) is 18.8 Å². The van der Waals surface area contributed by atoms with Gasteiger partial charge in [0.15, 0.2) is 5.96 Å². The van der Waals surface area contributed by atoms with Crippen LogP contribution in [0.5, 0.6) is 0 Å². The summed E-state index contributed by atoms with van der Waals surface area (Å²) in [6.07, 6.45) is 7.56. The Morgan fingerprint density at radius 3 is 2.66 bits per heavy atom. The molecule has 3 heterocycles. The standard InChI is InChI=1S/C25H40N4O2.HI/c1-20(29-13-10-21-7-3-4-8-22(21)18-29)17-27-25(26-2)28-14-11-23(12-15-28)31-19-24-9-5-6-16-30-24;/h3-4,7-8,20,23-24H,5-6,9-19H2,1-2H3,(H,26,27);1H. The van der Waals surface area contributed by atoms with Crippen LogP contribution in [0.15, 0.2) is 29.3 Å². The molecule has 2 fully saturated rings. The van der Waals surface area contributed by atoms with Crippen molar-refractivity contribution < 1.29 is 9.47 Å². The van der Waals surface area contributed by atoms with Crippen molar-refractivity contribution in [2.75, 3.05) is 46.4 Å². The molecule has 0 aromatic heterocycles. The van der Waals surface area contributed by atoms with Gasteiger partial charge >= 0.3 is 0 Å². The molecule has 3 aliphatic rings. The van der Waals surface area contributed by atoms with E-state index in [0.717, 1.165) is 77.6 Å². The molecule has 2 atom stereocenters. The quantitative estimate of drug-likeness (QED) is 0.329. The third kappa shape index (κ3) is 7.05. The zero-order valence-corrected chi connectivity index (χ0v) is 22.1. The van der Waals surface area contributed by atoms with E-state index < -0.39 is 0 Å². The lowest BCUT2D eigenvalue weighted by atomic mass is 9.99. The van der Waals surface area contributed by atoms with Gasteiger partial charge in [-0.2, -0.15) is 0 Å². The molecule has 6 nitrogen and oxygen atoms in total. The maximum atomic E-state index is 6.17. The van der Waals surface area contributed by atoms with Crippen molar-refractivity contribution in [2.45, 2.75) is 70.2 Å². The van der Waals surface area contributed by atoms with Gasteiger partial charge in [0, 0.05) is 52.4 Å². The molecule has 1 N–H and O–H groups in total. The average Bonchev–Trinajstić information content (AvgIpc) is 2.84. The Labute approximate surface area is 211 Å². The van der Waals surface area contributed by atoms with Crippen molar-refractivity contribution >= 4 is 29.9 Å². The molecular formula is C25H41IN4O2. The van der Waals surface area contributed by atoms with Crippen LogP contribution in [0.2, 0.25) is 0 Å². The molecule has 0 aliphatic carbocycles.